The first kappa shape index (κ1) is 13.5. The van der Waals surface area contributed by atoms with Crippen LogP contribution < -0.4 is 15.4 Å². The van der Waals surface area contributed by atoms with Crippen molar-refractivity contribution >= 4 is 17.4 Å². The maximum Gasteiger partial charge on any atom is 0.323 e. The minimum atomic E-state index is -0.515. The lowest BCUT2D eigenvalue weighted by atomic mass is 10.2. The third-order valence-corrected chi connectivity index (χ3v) is 2.56. The molecule has 0 saturated heterocycles. The third kappa shape index (κ3) is 3.32. The largest absolute Gasteiger partial charge is 0.508 e. The molecule has 0 aliphatic rings. The predicted octanol–water partition coefficient (Wildman–Crippen LogP) is 2.75. The second kappa shape index (κ2) is 5.83. The normalized spacial score (nSPS) is 9.85. The van der Waals surface area contributed by atoms with Gasteiger partial charge in [-0.2, -0.15) is 0 Å². The first-order valence-corrected chi connectivity index (χ1v) is 5.82. The summed E-state index contributed by atoms with van der Waals surface area (Å²) in [6.07, 6.45) is 0. The number of carbonyl (C=O) groups excluding carboxylic acids is 1. The minimum Gasteiger partial charge on any atom is -0.508 e. The Morgan fingerprint density at radius 3 is 2.60 bits per heavy atom. The van der Waals surface area contributed by atoms with Crippen molar-refractivity contribution in [2.75, 3.05) is 17.7 Å². The number of phenolic OH excluding ortho intramolecular Hbond substituents is 2. The van der Waals surface area contributed by atoms with Crippen molar-refractivity contribution in [3.63, 3.8) is 0 Å². The number of hydrogen-bond donors (Lipinski definition) is 4. The topological polar surface area (TPSA) is 90.8 Å². The first-order chi connectivity index (χ1) is 9.58. The molecular weight excluding hydrogens is 260 g/mol. The summed E-state index contributed by atoms with van der Waals surface area (Å²) in [4.78, 5) is 11.8. The Kier molecular flexibility index (Phi) is 3.95. The zero-order chi connectivity index (χ0) is 14.5. The molecule has 0 fully saturated rings. The number of methoxy groups -OCH3 is 1. The van der Waals surface area contributed by atoms with Crippen LogP contribution in [0.5, 0.6) is 17.2 Å². The van der Waals surface area contributed by atoms with E-state index in [1.54, 1.807) is 24.3 Å². The fourth-order valence-electron chi connectivity index (χ4n) is 1.61. The molecule has 0 aromatic heterocycles. The van der Waals surface area contributed by atoms with E-state index in [2.05, 4.69) is 10.6 Å². The Hall–Kier alpha value is -2.89. The van der Waals surface area contributed by atoms with Gasteiger partial charge in [-0.05, 0) is 24.3 Å². The second-order valence-corrected chi connectivity index (χ2v) is 4.01. The highest BCUT2D eigenvalue weighted by Crippen LogP contribution is 2.27. The number of amides is 2. The maximum atomic E-state index is 11.8. The van der Waals surface area contributed by atoms with Gasteiger partial charge in [0.2, 0.25) is 0 Å². The highest BCUT2D eigenvalue weighted by molar-refractivity contribution is 6.00. The van der Waals surface area contributed by atoms with Crippen LogP contribution in [0.1, 0.15) is 0 Å². The zero-order valence-corrected chi connectivity index (χ0v) is 10.8. The molecule has 2 aromatic rings. The molecule has 2 amide bonds. The number of phenols is 2. The number of benzene rings is 2. The van der Waals surface area contributed by atoms with E-state index >= 15 is 0 Å². The van der Waals surface area contributed by atoms with Gasteiger partial charge in [0, 0.05) is 17.8 Å². The summed E-state index contributed by atoms with van der Waals surface area (Å²) in [5, 5.41) is 23.8. The number of hydrogen-bond acceptors (Lipinski definition) is 4. The van der Waals surface area contributed by atoms with E-state index in [9.17, 15) is 9.90 Å². The molecular formula is C14H14N2O4. The third-order valence-electron chi connectivity index (χ3n) is 2.56. The standard InChI is InChI=1S/C14H14N2O4/c1-20-11-4-2-3-9(7-11)15-14(19)16-12-6-5-10(17)8-13(12)18/h2-8,17-18H,1H3,(H2,15,16,19). The van der Waals surface area contributed by atoms with Crippen LogP contribution in [0.2, 0.25) is 0 Å². The number of nitrogens with one attached hydrogen (secondary N) is 2. The highest BCUT2D eigenvalue weighted by atomic mass is 16.5. The number of ether oxygens (including phenoxy) is 1. The van der Waals surface area contributed by atoms with Gasteiger partial charge in [-0.15, -0.1) is 0 Å². The van der Waals surface area contributed by atoms with Gasteiger partial charge < -0.3 is 25.6 Å². The lowest BCUT2D eigenvalue weighted by molar-refractivity contribution is 0.262. The fraction of sp³-hybridized carbons (Fsp3) is 0.0714. The Bertz CT molecular complexity index is 628. The average molecular weight is 274 g/mol. The summed E-state index contributed by atoms with van der Waals surface area (Å²) in [5.74, 6) is 0.322. The van der Waals surface area contributed by atoms with Crippen molar-refractivity contribution < 1.29 is 19.7 Å². The molecule has 20 heavy (non-hydrogen) atoms. The average Bonchev–Trinajstić information content (AvgIpc) is 2.42. The van der Waals surface area contributed by atoms with E-state index in [0.717, 1.165) is 6.07 Å². The van der Waals surface area contributed by atoms with Crippen LogP contribution in [-0.2, 0) is 0 Å². The van der Waals surface area contributed by atoms with Crippen LogP contribution in [0.4, 0.5) is 16.2 Å². The molecule has 6 nitrogen and oxygen atoms in total. The first-order valence-electron chi connectivity index (χ1n) is 5.82. The lowest BCUT2D eigenvalue weighted by Gasteiger charge is -2.10. The number of anilines is 2. The van der Waals surface area contributed by atoms with Crippen molar-refractivity contribution in [2.24, 2.45) is 0 Å². The maximum absolute atomic E-state index is 11.8. The van der Waals surface area contributed by atoms with Crippen molar-refractivity contribution in [2.45, 2.75) is 0 Å². The van der Waals surface area contributed by atoms with E-state index in [1.807, 2.05) is 0 Å². The van der Waals surface area contributed by atoms with Gasteiger partial charge in [0.05, 0.1) is 12.8 Å². The second-order valence-electron chi connectivity index (χ2n) is 4.01. The molecule has 0 radical (unpaired) electrons. The van der Waals surface area contributed by atoms with E-state index in [0.29, 0.717) is 11.4 Å². The highest BCUT2D eigenvalue weighted by Gasteiger charge is 2.07. The lowest BCUT2D eigenvalue weighted by Crippen LogP contribution is -2.19. The number of carbonyl (C=O) groups is 1. The van der Waals surface area contributed by atoms with Gasteiger partial charge in [-0.3, -0.25) is 0 Å². The molecule has 0 aliphatic heterocycles. The van der Waals surface area contributed by atoms with Gasteiger partial charge in [0.1, 0.15) is 17.2 Å². The van der Waals surface area contributed by atoms with Gasteiger partial charge in [0.25, 0.3) is 0 Å². The molecule has 104 valence electrons. The van der Waals surface area contributed by atoms with E-state index in [-0.39, 0.29) is 17.2 Å². The SMILES string of the molecule is COc1cccc(NC(=O)Nc2ccc(O)cc2O)c1. The number of urea groups is 1. The predicted molar refractivity (Wildman–Crippen MR) is 75.4 cm³/mol. The monoisotopic (exact) mass is 274 g/mol. The molecule has 6 heteroatoms. The number of rotatable bonds is 3. The van der Waals surface area contributed by atoms with Crippen LogP contribution in [0.25, 0.3) is 0 Å². The van der Waals surface area contributed by atoms with Gasteiger partial charge >= 0.3 is 6.03 Å². The molecule has 0 bridgehead atoms. The summed E-state index contributed by atoms with van der Waals surface area (Å²) in [7, 11) is 1.54. The van der Waals surface area contributed by atoms with E-state index in [1.165, 1.54) is 19.2 Å². The Balaban J connectivity index is 2.05. The smallest absolute Gasteiger partial charge is 0.323 e. The van der Waals surface area contributed by atoms with Gasteiger partial charge in [0.15, 0.2) is 0 Å². The molecule has 0 unspecified atom stereocenters. The van der Waals surface area contributed by atoms with Crippen molar-refractivity contribution in [3.05, 3.63) is 42.5 Å². The summed E-state index contributed by atoms with van der Waals surface area (Å²) < 4.78 is 5.05. The van der Waals surface area contributed by atoms with E-state index in [4.69, 9.17) is 9.84 Å². The molecule has 0 saturated carbocycles. The van der Waals surface area contributed by atoms with Gasteiger partial charge in [-0.1, -0.05) is 6.07 Å². The molecule has 2 aromatic carbocycles. The zero-order valence-electron chi connectivity index (χ0n) is 10.8. The van der Waals surface area contributed by atoms with Crippen LogP contribution >= 0.6 is 0 Å². The van der Waals surface area contributed by atoms with Crippen LogP contribution in [0.15, 0.2) is 42.5 Å². The molecule has 0 heterocycles. The van der Waals surface area contributed by atoms with Crippen LogP contribution in [-0.4, -0.2) is 23.4 Å². The van der Waals surface area contributed by atoms with Gasteiger partial charge in [-0.25, -0.2) is 4.79 Å². The molecule has 0 spiro atoms. The molecule has 0 atom stereocenters. The molecule has 2 rings (SSSR count). The molecule has 0 aliphatic carbocycles. The summed E-state index contributed by atoms with van der Waals surface area (Å²) in [5.41, 5.74) is 0.753. The minimum absolute atomic E-state index is 0.0822. The molecule has 4 N–H and O–H groups in total. The summed E-state index contributed by atoms with van der Waals surface area (Å²) in [6, 6.07) is 10.3. The Morgan fingerprint density at radius 2 is 1.90 bits per heavy atom. The van der Waals surface area contributed by atoms with Crippen LogP contribution in [0.3, 0.4) is 0 Å². The van der Waals surface area contributed by atoms with Crippen LogP contribution in [0, 0.1) is 0 Å². The quantitative estimate of drug-likeness (QED) is 0.511. The fourth-order valence-corrected chi connectivity index (χ4v) is 1.61. The Labute approximate surface area is 115 Å². The number of aromatic hydroxyl groups is 2. The summed E-state index contributed by atoms with van der Waals surface area (Å²) in [6.45, 7) is 0. The van der Waals surface area contributed by atoms with Crippen molar-refractivity contribution in [3.8, 4) is 17.2 Å². The summed E-state index contributed by atoms with van der Waals surface area (Å²) >= 11 is 0. The van der Waals surface area contributed by atoms with E-state index < -0.39 is 6.03 Å². The Morgan fingerprint density at radius 1 is 1.10 bits per heavy atom. The van der Waals surface area contributed by atoms with Crippen molar-refractivity contribution in [1.82, 2.24) is 0 Å². The van der Waals surface area contributed by atoms with Crippen molar-refractivity contribution in [1.29, 1.82) is 0 Å².